The second-order valence-corrected chi connectivity index (χ2v) is 9.29. The summed E-state index contributed by atoms with van der Waals surface area (Å²) in [7, 11) is -0.288. The summed E-state index contributed by atoms with van der Waals surface area (Å²) < 4.78 is 5.65. The fourth-order valence-electron chi connectivity index (χ4n) is 2.08. The highest BCUT2D eigenvalue weighted by molar-refractivity contribution is 8.38. The Morgan fingerprint density at radius 3 is 3.11 bits per heavy atom. The molecule has 0 saturated carbocycles. The lowest BCUT2D eigenvalue weighted by Gasteiger charge is -2.18. The van der Waals surface area contributed by atoms with Crippen LogP contribution in [0.2, 0.25) is 0 Å². The van der Waals surface area contributed by atoms with Gasteiger partial charge in [0.2, 0.25) is 5.91 Å². The number of rotatable bonds is 5. The van der Waals surface area contributed by atoms with Crippen molar-refractivity contribution in [3.05, 3.63) is 23.9 Å². The molecule has 0 bridgehead atoms. The van der Waals surface area contributed by atoms with Crippen LogP contribution in [0.15, 0.2) is 18.3 Å². The van der Waals surface area contributed by atoms with Gasteiger partial charge in [-0.2, -0.15) is 0 Å². The van der Waals surface area contributed by atoms with Gasteiger partial charge >= 0.3 is 0 Å². The van der Waals surface area contributed by atoms with Gasteiger partial charge in [0.15, 0.2) is 0 Å². The van der Waals surface area contributed by atoms with Gasteiger partial charge in [0, 0.05) is 17.5 Å². The molecule has 1 saturated heterocycles. The summed E-state index contributed by atoms with van der Waals surface area (Å²) in [4.78, 5) is 17.8. The van der Waals surface area contributed by atoms with E-state index >= 15 is 0 Å². The number of ether oxygens (including phenoxy) is 1. The summed E-state index contributed by atoms with van der Waals surface area (Å²) in [5.41, 5.74) is 1.01. The van der Waals surface area contributed by atoms with Crippen LogP contribution >= 0.6 is 10.0 Å². The number of hydrogen-bond acceptors (Lipinski definition) is 3. The molecule has 0 aliphatic carbocycles. The zero-order valence-corrected chi connectivity index (χ0v) is 11.4. The fraction of sp³-hybridized carbons (Fsp3) is 0.538. The Labute approximate surface area is 109 Å². The van der Waals surface area contributed by atoms with E-state index < -0.39 is 0 Å². The van der Waals surface area contributed by atoms with Crippen LogP contribution in [-0.2, 0) is 16.0 Å². The maximum absolute atomic E-state index is 11.8. The van der Waals surface area contributed by atoms with Crippen molar-refractivity contribution >= 4 is 21.8 Å². The Kier molecular flexibility index (Phi) is 3.03. The highest BCUT2D eigenvalue weighted by Crippen LogP contribution is 2.57. The van der Waals surface area contributed by atoms with Crippen LogP contribution in [0.3, 0.4) is 0 Å². The van der Waals surface area contributed by atoms with E-state index in [0.29, 0.717) is 13.2 Å². The standard InChI is InChI=1S/C13H18N2O2S/c1-18(7-8-18)6-5-17-10-15-12(16)9-11-3-2-4-14-13(11)15/h2-4H,5-10H2,1H3. The molecule has 18 heavy (non-hydrogen) atoms. The van der Waals surface area contributed by atoms with E-state index in [-0.39, 0.29) is 15.9 Å². The molecular formula is C13H18N2O2S. The van der Waals surface area contributed by atoms with Crippen molar-refractivity contribution in [2.24, 2.45) is 0 Å². The third-order valence-corrected chi connectivity index (χ3v) is 6.56. The van der Waals surface area contributed by atoms with Crippen LogP contribution in [0.25, 0.3) is 0 Å². The largest absolute Gasteiger partial charge is 0.360 e. The third-order valence-electron chi connectivity index (χ3n) is 3.61. The molecule has 0 atom stereocenters. The number of anilines is 1. The summed E-state index contributed by atoms with van der Waals surface area (Å²) in [6.07, 6.45) is 4.55. The van der Waals surface area contributed by atoms with E-state index in [1.807, 2.05) is 12.1 Å². The molecule has 4 nitrogen and oxygen atoms in total. The average molecular weight is 266 g/mol. The zero-order chi connectivity index (χ0) is 12.6. The van der Waals surface area contributed by atoms with Crippen LogP contribution < -0.4 is 4.90 Å². The first kappa shape index (κ1) is 12.0. The molecule has 98 valence electrons. The maximum atomic E-state index is 11.8. The van der Waals surface area contributed by atoms with Gasteiger partial charge in [-0.25, -0.2) is 15.0 Å². The fourth-order valence-corrected chi connectivity index (χ4v) is 4.15. The third kappa shape index (κ3) is 2.37. The number of pyridine rings is 1. The molecule has 2 aliphatic heterocycles. The van der Waals surface area contributed by atoms with Gasteiger partial charge in [0.1, 0.15) is 12.5 Å². The van der Waals surface area contributed by atoms with Crippen LogP contribution in [0.5, 0.6) is 0 Å². The highest BCUT2D eigenvalue weighted by atomic mass is 32.3. The van der Waals surface area contributed by atoms with Crippen LogP contribution in [0.4, 0.5) is 5.82 Å². The first-order valence-electron chi connectivity index (χ1n) is 6.21. The number of nitrogens with zero attached hydrogens (tertiary/aromatic N) is 2. The molecule has 1 aromatic heterocycles. The van der Waals surface area contributed by atoms with Gasteiger partial charge in [0.25, 0.3) is 0 Å². The van der Waals surface area contributed by atoms with E-state index in [9.17, 15) is 4.79 Å². The van der Waals surface area contributed by atoms with E-state index in [1.165, 1.54) is 17.3 Å². The maximum Gasteiger partial charge on any atom is 0.234 e. The molecule has 0 radical (unpaired) electrons. The molecule has 5 heteroatoms. The van der Waals surface area contributed by atoms with Crippen molar-refractivity contribution in [1.29, 1.82) is 0 Å². The van der Waals surface area contributed by atoms with Gasteiger partial charge in [-0.15, -0.1) is 0 Å². The lowest BCUT2D eigenvalue weighted by Crippen LogP contribution is -2.30. The monoisotopic (exact) mass is 266 g/mol. The Morgan fingerprint density at radius 1 is 1.50 bits per heavy atom. The average Bonchev–Trinajstić information content (AvgIpc) is 3.00. The van der Waals surface area contributed by atoms with E-state index in [1.54, 1.807) is 11.1 Å². The number of amides is 1. The van der Waals surface area contributed by atoms with Crippen molar-refractivity contribution in [3.8, 4) is 0 Å². The van der Waals surface area contributed by atoms with Gasteiger partial charge in [-0.3, -0.25) is 9.69 Å². The number of aromatic nitrogens is 1. The van der Waals surface area contributed by atoms with Crippen LogP contribution in [0.1, 0.15) is 5.56 Å². The van der Waals surface area contributed by atoms with Crippen molar-refractivity contribution < 1.29 is 9.53 Å². The summed E-state index contributed by atoms with van der Waals surface area (Å²) in [5.74, 6) is 4.82. The molecule has 0 N–H and O–H groups in total. The van der Waals surface area contributed by atoms with Crippen molar-refractivity contribution in [3.63, 3.8) is 0 Å². The number of fused-ring (bicyclic) bond motifs is 1. The minimum absolute atomic E-state index is 0.0914. The first-order valence-corrected chi connectivity index (χ1v) is 8.76. The normalized spacial score (nSPS) is 21.8. The second kappa shape index (κ2) is 4.55. The summed E-state index contributed by atoms with van der Waals surface area (Å²) in [6.45, 7) is 1.11. The Hall–Kier alpha value is -1.07. The SMILES string of the molecule is CS1(CCOCN2C(=O)Cc3cccnc32)CC1. The molecule has 2 aliphatic rings. The molecule has 3 rings (SSSR count). The minimum Gasteiger partial charge on any atom is -0.360 e. The zero-order valence-electron chi connectivity index (χ0n) is 10.6. The quantitative estimate of drug-likeness (QED) is 0.597. The van der Waals surface area contributed by atoms with Crippen LogP contribution in [-0.4, -0.2) is 47.7 Å². The number of hydrogen-bond donors (Lipinski definition) is 0. The van der Waals surface area contributed by atoms with Crippen molar-refractivity contribution in [2.45, 2.75) is 6.42 Å². The van der Waals surface area contributed by atoms with E-state index in [0.717, 1.165) is 18.0 Å². The smallest absolute Gasteiger partial charge is 0.234 e. The van der Waals surface area contributed by atoms with E-state index in [2.05, 4.69) is 11.2 Å². The second-order valence-electron chi connectivity index (χ2n) is 5.11. The van der Waals surface area contributed by atoms with Gasteiger partial charge in [-0.05, 0) is 23.8 Å². The lowest BCUT2D eigenvalue weighted by atomic mass is 10.2. The van der Waals surface area contributed by atoms with Gasteiger partial charge in [-0.1, -0.05) is 6.07 Å². The van der Waals surface area contributed by atoms with Crippen LogP contribution in [0, 0.1) is 0 Å². The molecule has 0 aromatic carbocycles. The number of carbonyl (C=O) groups excluding carboxylic acids is 1. The Bertz CT molecular complexity index is 474. The Balaban J connectivity index is 1.54. The lowest BCUT2D eigenvalue weighted by molar-refractivity contribution is -0.118. The van der Waals surface area contributed by atoms with Gasteiger partial charge < -0.3 is 4.74 Å². The minimum atomic E-state index is -0.288. The molecule has 0 unspecified atom stereocenters. The molecule has 1 aromatic rings. The highest BCUT2D eigenvalue weighted by Gasteiger charge is 2.31. The van der Waals surface area contributed by atoms with E-state index in [4.69, 9.17) is 4.74 Å². The first-order chi connectivity index (χ1) is 8.68. The molecular weight excluding hydrogens is 248 g/mol. The van der Waals surface area contributed by atoms with Crippen molar-refractivity contribution in [1.82, 2.24) is 4.98 Å². The molecule has 3 heterocycles. The van der Waals surface area contributed by atoms with Crippen molar-refractivity contribution in [2.75, 3.05) is 41.8 Å². The Morgan fingerprint density at radius 2 is 2.33 bits per heavy atom. The predicted octanol–water partition coefficient (Wildman–Crippen LogP) is 1.39. The summed E-state index contributed by atoms with van der Waals surface area (Å²) >= 11 is 0. The summed E-state index contributed by atoms with van der Waals surface area (Å²) in [5, 5.41) is 0. The molecule has 0 spiro atoms. The number of carbonyl (C=O) groups is 1. The molecule has 1 fully saturated rings. The predicted molar refractivity (Wildman–Crippen MR) is 74.4 cm³/mol. The summed E-state index contributed by atoms with van der Waals surface area (Å²) in [6, 6.07) is 3.82. The topological polar surface area (TPSA) is 42.4 Å². The van der Waals surface area contributed by atoms with Gasteiger partial charge in [0.05, 0.1) is 13.0 Å². The molecule has 1 amide bonds.